The lowest BCUT2D eigenvalue weighted by molar-refractivity contribution is 0.487. The number of hydrogen-bond acceptors (Lipinski definition) is 6. The van der Waals surface area contributed by atoms with E-state index in [9.17, 15) is 24.3 Å². The fourth-order valence-corrected chi connectivity index (χ4v) is 3.92. The van der Waals surface area contributed by atoms with Crippen LogP contribution in [0.4, 0.5) is 5.69 Å². The van der Waals surface area contributed by atoms with Crippen LogP contribution in [0.1, 0.15) is 0 Å². The van der Waals surface area contributed by atoms with Gasteiger partial charge in [-0.05, 0) is 12.1 Å². The van der Waals surface area contributed by atoms with Gasteiger partial charge in [-0.3, -0.25) is 19.2 Å². The van der Waals surface area contributed by atoms with Crippen LogP contribution in [-0.4, -0.2) is 9.67 Å². The van der Waals surface area contributed by atoms with Crippen molar-refractivity contribution >= 4 is 38.0 Å². The van der Waals surface area contributed by atoms with E-state index in [-0.39, 0.29) is 43.7 Å². The second-order valence-electron chi connectivity index (χ2n) is 6.75. The molecule has 0 aliphatic carbocycles. The van der Waals surface area contributed by atoms with Gasteiger partial charge in [-0.1, -0.05) is 42.5 Å². The van der Waals surface area contributed by atoms with Gasteiger partial charge >= 0.3 is 0 Å². The number of fused-ring (bicyclic) bond motifs is 3. The number of aromatic nitrogens is 1. The molecule has 7 heteroatoms. The number of anilines is 1. The molecule has 3 N–H and O–H groups in total. The molecular formula is C22H12N2O5. The molecule has 0 fully saturated rings. The lowest BCUT2D eigenvalue weighted by atomic mass is 9.97. The first-order chi connectivity index (χ1) is 13.9. The first-order valence-electron chi connectivity index (χ1n) is 8.74. The Kier molecular flexibility index (Phi) is 3.27. The van der Waals surface area contributed by atoms with Gasteiger partial charge in [0, 0.05) is 10.8 Å². The van der Waals surface area contributed by atoms with E-state index < -0.39 is 27.7 Å². The molecule has 4 aromatic carbocycles. The van der Waals surface area contributed by atoms with Crippen LogP contribution in [0.15, 0.2) is 73.8 Å². The van der Waals surface area contributed by atoms with Crippen molar-refractivity contribution < 1.29 is 5.11 Å². The standard InChI is InChI=1S/C22H12N2O5/c23-17-13-15(19(26)12-9-5-4-8-11(12)18(13)25)20(27)16-14(17)21(28)24(22(16)29)10-6-2-1-3-7-10/h1-9,27H,23H2. The monoisotopic (exact) mass is 384 g/mol. The van der Waals surface area contributed by atoms with Crippen molar-refractivity contribution in [2.75, 3.05) is 5.73 Å². The first kappa shape index (κ1) is 16.9. The number of nitrogens with two attached hydrogens (primary N) is 1. The highest BCUT2D eigenvalue weighted by Gasteiger charge is 2.26. The summed E-state index contributed by atoms with van der Waals surface area (Å²) in [6, 6.07) is 14.3. The molecule has 0 unspecified atom stereocenters. The van der Waals surface area contributed by atoms with Crippen LogP contribution in [0, 0.1) is 0 Å². The van der Waals surface area contributed by atoms with Gasteiger partial charge in [0.05, 0.1) is 32.9 Å². The predicted molar refractivity (Wildman–Crippen MR) is 112 cm³/mol. The number of hydrogen-bond donors (Lipinski definition) is 2. The van der Waals surface area contributed by atoms with E-state index in [2.05, 4.69) is 0 Å². The first-order valence-corrected chi connectivity index (χ1v) is 8.74. The van der Waals surface area contributed by atoms with Gasteiger partial charge in [-0.15, -0.1) is 0 Å². The minimum absolute atomic E-state index is 0.108. The number of phenols is 1. The largest absolute Gasteiger partial charge is 0.506 e. The van der Waals surface area contributed by atoms with Crippen molar-refractivity contribution in [1.82, 2.24) is 4.57 Å². The Hall–Kier alpha value is -4.26. The Morgan fingerprint density at radius 2 is 1.17 bits per heavy atom. The quantitative estimate of drug-likeness (QED) is 0.257. The molecule has 140 valence electrons. The molecule has 0 amide bonds. The number of nitrogens with zero attached hydrogens (tertiary/aromatic N) is 1. The van der Waals surface area contributed by atoms with E-state index in [1.165, 1.54) is 12.1 Å². The molecule has 1 heterocycles. The van der Waals surface area contributed by atoms with Crippen molar-refractivity contribution in [2.24, 2.45) is 0 Å². The SMILES string of the molecule is Nc1c2c(=O)c3ccccc3c(=O)c2c(O)c2c(=O)n(-c3ccccc3)c(=O)c12. The maximum atomic E-state index is 13.0. The molecule has 0 atom stereocenters. The predicted octanol–water partition coefficient (Wildman–Crippen LogP) is 1.54. The number of benzene rings is 4. The number of nitrogen functional groups attached to an aromatic ring is 1. The van der Waals surface area contributed by atoms with Crippen molar-refractivity contribution in [3.8, 4) is 11.4 Å². The Bertz CT molecular complexity index is 1590. The molecule has 0 aliphatic rings. The molecule has 5 rings (SSSR count). The summed E-state index contributed by atoms with van der Waals surface area (Å²) >= 11 is 0. The Morgan fingerprint density at radius 3 is 1.79 bits per heavy atom. The van der Waals surface area contributed by atoms with Crippen LogP contribution < -0.4 is 27.7 Å². The Balaban J connectivity index is 2.14. The van der Waals surface area contributed by atoms with Crippen molar-refractivity contribution in [3.05, 3.63) is 95.8 Å². The van der Waals surface area contributed by atoms with Crippen molar-refractivity contribution in [2.45, 2.75) is 0 Å². The minimum Gasteiger partial charge on any atom is -0.506 e. The number of phenolic OH excluding ortho intramolecular Hbond substituents is 1. The van der Waals surface area contributed by atoms with Gasteiger partial charge < -0.3 is 10.8 Å². The average Bonchev–Trinajstić information content (AvgIpc) is 3.00. The molecule has 29 heavy (non-hydrogen) atoms. The molecule has 7 nitrogen and oxygen atoms in total. The normalized spacial score (nSPS) is 11.6. The minimum atomic E-state index is -0.803. The van der Waals surface area contributed by atoms with Gasteiger partial charge in [-0.2, -0.15) is 0 Å². The summed E-state index contributed by atoms with van der Waals surface area (Å²) in [5.41, 5.74) is 3.39. The third-order valence-corrected chi connectivity index (χ3v) is 5.23. The van der Waals surface area contributed by atoms with Gasteiger partial charge in [0.2, 0.25) is 0 Å². The molecule has 0 saturated heterocycles. The van der Waals surface area contributed by atoms with Gasteiger partial charge in [-0.25, -0.2) is 4.57 Å². The summed E-state index contributed by atoms with van der Waals surface area (Å²) in [5, 5.41) is 9.83. The molecule has 1 aromatic heterocycles. The van der Waals surface area contributed by atoms with E-state index >= 15 is 0 Å². The fourth-order valence-electron chi connectivity index (χ4n) is 3.92. The van der Waals surface area contributed by atoms with Gasteiger partial charge in [0.25, 0.3) is 11.1 Å². The smallest absolute Gasteiger partial charge is 0.270 e. The maximum Gasteiger partial charge on any atom is 0.270 e. The molecule has 0 aliphatic heterocycles. The van der Waals surface area contributed by atoms with Crippen molar-refractivity contribution in [3.63, 3.8) is 0 Å². The third kappa shape index (κ3) is 2.01. The summed E-state index contributed by atoms with van der Waals surface area (Å²) in [5.74, 6) is -0.700. The summed E-state index contributed by atoms with van der Waals surface area (Å²) in [7, 11) is 0. The Morgan fingerprint density at radius 1 is 0.655 bits per heavy atom. The summed E-state index contributed by atoms with van der Waals surface area (Å²) in [6.07, 6.45) is 0. The molecule has 5 aromatic rings. The molecule has 0 spiro atoms. The second kappa shape index (κ2) is 5.62. The average molecular weight is 384 g/mol. The van der Waals surface area contributed by atoms with Crippen LogP contribution in [0.25, 0.3) is 38.0 Å². The van der Waals surface area contributed by atoms with E-state index in [1.807, 2.05) is 0 Å². The Labute approximate surface area is 161 Å². The summed E-state index contributed by atoms with van der Waals surface area (Å²) < 4.78 is 0.869. The number of rotatable bonds is 1. The zero-order valence-corrected chi connectivity index (χ0v) is 14.8. The zero-order chi connectivity index (χ0) is 20.4. The van der Waals surface area contributed by atoms with Crippen LogP contribution in [0.5, 0.6) is 5.75 Å². The number of aromatic hydroxyl groups is 1. The zero-order valence-electron chi connectivity index (χ0n) is 14.8. The van der Waals surface area contributed by atoms with Crippen LogP contribution in [0.2, 0.25) is 0 Å². The summed E-state index contributed by atoms with van der Waals surface area (Å²) in [6.45, 7) is 0. The van der Waals surface area contributed by atoms with Crippen LogP contribution >= 0.6 is 0 Å². The van der Waals surface area contributed by atoms with Gasteiger partial charge in [0.15, 0.2) is 10.9 Å². The van der Waals surface area contributed by atoms with E-state index in [0.717, 1.165) is 4.57 Å². The summed E-state index contributed by atoms with van der Waals surface area (Å²) in [4.78, 5) is 52.0. The highest BCUT2D eigenvalue weighted by Crippen LogP contribution is 2.34. The third-order valence-electron chi connectivity index (χ3n) is 5.23. The van der Waals surface area contributed by atoms with E-state index in [1.54, 1.807) is 42.5 Å². The lowest BCUT2D eigenvalue weighted by Gasteiger charge is -2.06. The van der Waals surface area contributed by atoms with E-state index in [4.69, 9.17) is 5.73 Å². The van der Waals surface area contributed by atoms with Crippen molar-refractivity contribution in [1.29, 1.82) is 0 Å². The molecule has 0 radical (unpaired) electrons. The van der Waals surface area contributed by atoms with Crippen LogP contribution in [0.3, 0.4) is 0 Å². The van der Waals surface area contributed by atoms with E-state index in [0.29, 0.717) is 0 Å². The molecule has 0 bridgehead atoms. The fraction of sp³-hybridized carbons (Fsp3) is 0. The molecular weight excluding hydrogens is 372 g/mol. The van der Waals surface area contributed by atoms with Gasteiger partial charge in [0.1, 0.15) is 5.75 Å². The second-order valence-corrected chi connectivity index (χ2v) is 6.75. The molecule has 0 saturated carbocycles. The maximum absolute atomic E-state index is 13.0. The lowest BCUT2D eigenvalue weighted by Crippen LogP contribution is -2.23. The van der Waals surface area contributed by atoms with Crippen LogP contribution in [-0.2, 0) is 0 Å². The topological polar surface area (TPSA) is 119 Å². The number of para-hydroxylation sites is 1. The highest BCUT2D eigenvalue weighted by molar-refractivity contribution is 6.17. The highest BCUT2D eigenvalue weighted by atomic mass is 16.3.